The van der Waals surface area contributed by atoms with E-state index in [2.05, 4.69) is 31.3 Å². The van der Waals surface area contributed by atoms with Crippen LogP contribution >= 0.6 is 27.3 Å². The van der Waals surface area contributed by atoms with Gasteiger partial charge in [0.05, 0.1) is 27.7 Å². The quantitative estimate of drug-likeness (QED) is 0.500. The SMILES string of the molecule is Cc1c(C(=O)Nc2nc3ccccc3s2)cnn1-c1c(F)cccc1Br. The summed E-state index contributed by atoms with van der Waals surface area (Å²) >= 11 is 4.72. The van der Waals surface area contributed by atoms with Gasteiger partial charge in [-0.25, -0.2) is 14.1 Å². The van der Waals surface area contributed by atoms with Crippen LogP contribution in [0.15, 0.2) is 53.1 Å². The van der Waals surface area contributed by atoms with Crippen LogP contribution in [-0.2, 0) is 0 Å². The van der Waals surface area contributed by atoms with E-state index in [9.17, 15) is 9.18 Å². The van der Waals surface area contributed by atoms with Gasteiger partial charge in [0.25, 0.3) is 5.91 Å². The molecule has 0 aliphatic heterocycles. The van der Waals surface area contributed by atoms with E-state index in [4.69, 9.17) is 0 Å². The molecule has 1 amide bonds. The van der Waals surface area contributed by atoms with Crippen molar-refractivity contribution in [2.24, 2.45) is 0 Å². The Morgan fingerprint density at radius 3 is 2.81 bits per heavy atom. The van der Waals surface area contributed by atoms with Crippen LogP contribution in [0.4, 0.5) is 9.52 Å². The fourth-order valence-corrected chi connectivity index (χ4v) is 4.01. The molecule has 0 fully saturated rings. The van der Waals surface area contributed by atoms with Gasteiger partial charge in [-0.15, -0.1) is 0 Å². The monoisotopic (exact) mass is 430 g/mol. The number of anilines is 1. The Hall–Kier alpha value is -2.58. The number of carbonyl (C=O) groups is 1. The lowest BCUT2D eigenvalue weighted by atomic mass is 10.2. The van der Waals surface area contributed by atoms with Crippen molar-refractivity contribution < 1.29 is 9.18 Å². The molecule has 0 radical (unpaired) electrons. The molecule has 5 nitrogen and oxygen atoms in total. The zero-order chi connectivity index (χ0) is 18.3. The average Bonchev–Trinajstić information content (AvgIpc) is 3.18. The van der Waals surface area contributed by atoms with Gasteiger partial charge in [0.2, 0.25) is 0 Å². The second-order valence-corrected chi connectivity index (χ2v) is 7.45. The Morgan fingerprint density at radius 2 is 2.04 bits per heavy atom. The van der Waals surface area contributed by atoms with Crippen LogP contribution in [0.5, 0.6) is 0 Å². The molecule has 8 heteroatoms. The van der Waals surface area contributed by atoms with E-state index in [0.717, 1.165) is 10.2 Å². The van der Waals surface area contributed by atoms with Gasteiger partial charge in [0.15, 0.2) is 5.13 Å². The van der Waals surface area contributed by atoms with Gasteiger partial charge in [0.1, 0.15) is 11.5 Å². The van der Waals surface area contributed by atoms with E-state index in [1.54, 1.807) is 19.1 Å². The Morgan fingerprint density at radius 1 is 1.23 bits per heavy atom. The van der Waals surface area contributed by atoms with Crippen molar-refractivity contribution in [2.75, 3.05) is 5.32 Å². The van der Waals surface area contributed by atoms with Crippen LogP contribution in [0.2, 0.25) is 0 Å². The first-order valence-corrected chi connectivity index (χ1v) is 9.31. The second kappa shape index (κ2) is 6.62. The number of rotatable bonds is 3. The predicted octanol–water partition coefficient (Wildman–Crippen LogP) is 4.94. The van der Waals surface area contributed by atoms with E-state index in [0.29, 0.717) is 20.9 Å². The normalized spacial score (nSPS) is 11.0. The number of nitrogens with zero attached hydrogens (tertiary/aromatic N) is 3. The number of thiazole rings is 1. The number of fused-ring (bicyclic) bond motifs is 1. The summed E-state index contributed by atoms with van der Waals surface area (Å²) in [4.78, 5) is 17.0. The highest BCUT2D eigenvalue weighted by Gasteiger charge is 2.19. The predicted molar refractivity (Wildman–Crippen MR) is 104 cm³/mol. The fourth-order valence-electron chi connectivity index (χ4n) is 2.64. The van der Waals surface area contributed by atoms with Gasteiger partial charge < -0.3 is 0 Å². The molecule has 4 rings (SSSR count). The zero-order valence-electron chi connectivity index (χ0n) is 13.5. The van der Waals surface area contributed by atoms with E-state index < -0.39 is 5.82 Å². The van der Waals surface area contributed by atoms with Crippen LogP contribution in [0, 0.1) is 12.7 Å². The van der Waals surface area contributed by atoms with Crippen LogP contribution in [0.25, 0.3) is 15.9 Å². The minimum atomic E-state index is -0.427. The zero-order valence-corrected chi connectivity index (χ0v) is 15.9. The second-order valence-electron chi connectivity index (χ2n) is 5.57. The standard InChI is InChI=1S/C18H12BrFN4OS/c1-10-11(9-21-24(10)16-12(19)5-4-6-13(16)20)17(25)23-18-22-14-7-2-3-8-15(14)26-18/h2-9H,1H3,(H,22,23,25). The Balaban J connectivity index is 1.66. The van der Waals surface area contributed by atoms with Crippen molar-refractivity contribution in [3.63, 3.8) is 0 Å². The number of carbonyl (C=O) groups excluding carboxylic acids is 1. The lowest BCUT2D eigenvalue weighted by Gasteiger charge is -2.08. The first-order valence-electron chi connectivity index (χ1n) is 7.70. The summed E-state index contributed by atoms with van der Waals surface area (Å²) in [5.41, 5.74) is 1.99. The van der Waals surface area contributed by atoms with Gasteiger partial charge >= 0.3 is 0 Å². The summed E-state index contributed by atoms with van der Waals surface area (Å²) in [6, 6.07) is 12.3. The van der Waals surface area contributed by atoms with Gasteiger partial charge in [-0.2, -0.15) is 5.10 Å². The third kappa shape index (κ3) is 2.91. The van der Waals surface area contributed by atoms with Crippen LogP contribution in [0.1, 0.15) is 16.1 Å². The lowest BCUT2D eigenvalue weighted by Crippen LogP contribution is -2.13. The number of hydrogen-bond donors (Lipinski definition) is 1. The number of halogens is 2. The smallest absolute Gasteiger partial charge is 0.260 e. The molecule has 2 heterocycles. The lowest BCUT2D eigenvalue weighted by molar-refractivity contribution is 0.102. The number of aromatic nitrogens is 3. The highest BCUT2D eigenvalue weighted by Crippen LogP contribution is 2.28. The molecule has 0 aliphatic rings. The minimum Gasteiger partial charge on any atom is -0.298 e. The average molecular weight is 431 g/mol. The molecule has 2 aromatic carbocycles. The molecule has 2 aromatic heterocycles. The first-order chi connectivity index (χ1) is 12.5. The molecule has 0 aliphatic carbocycles. The summed E-state index contributed by atoms with van der Waals surface area (Å²) in [5.74, 6) is -0.760. The number of nitrogens with one attached hydrogen (secondary N) is 1. The number of benzene rings is 2. The summed E-state index contributed by atoms with van der Waals surface area (Å²) in [6.07, 6.45) is 1.43. The Bertz CT molecular complexity index is 1080. The topological polar surface area (TPSA) is 59.8 Å². The minimum absolute atomic E-state index is 0.268. The summed E-state index contributed by atoms with van der Waals surface area (Å²) in [6.45, 7) is 1.72. The number of amides is 1. The maximum Gasteiger partial charge on any atom is 0.260 e. The molecule has 0 atom stereocenters. The van der Waals surface area contributed by atoms with Crippen molar-refractivity contribution in [1.29, 1.82) is 0 Å². The van der Waals surface area contributed by atoms with Gasteiger partial charge in [-0.1, -0.05) is 29.5 Å². The van der Waals surface area contributed by atoms with Gasteiger partial charge in [-0.05, 0) is 47.1 Å². The van der Waals surface area contributed by atoms with E-state index in [1.807, 2.05) is 24.3 Å². The third-order valence-electron chi connectivity index (χ3n) is 3.92. The van der Waals surface area contributed by atoms with Crippen molar-refractivity contribution in [2.45, 2.75) is 6.92 Å². The molecule has 26 heavy (non-hydrogen) atoms. The summed E-state index contributed by atoms with van der Waals surface area (Å²) in [7, 11) is 0. The van der Waals surface area contributed by atoms with Crippen molar-refractivity contribution in [3.05, 3.63) is 70.2 Å². The summed E-state index contributed by atoms with van der Waals surface area (Å²) in [5, 5.41) is 7.48. The number of para-hydroxylation sites is 2. The molecular weight excluding hydrogens is 419 g/mol. The highest BCUT2D eigenvalue weighted by atomic mass is 79.9. The Kier molecular flexibility index (Phi) is 4.29. The van der Waals surface area contributed by atoms with Crippen molar-refractivity contribution >= 4 is 48.5 Å². The van der Waals surface area contributed by atoms with E-state index in [1.165, 1.54) is 28.3 Å². The fraction of sp³-hybridized carbons (Fsp3) is 0.0556. The van der Waals surface area contributed by atoms with Gasteiger partial charge in [-0.3, -0.25) is 10.1 Å². The molecule has 0 saturated carbocycles. The molecule has 130 valence electrons. The van der Waals surface area contributed by atoms with Crippen LogP contribution < -0.4 is 5.32 Å². The van der Waals surface area contributed by atoms with Crippen molar-refractivity contribution in [3.8, 4) is 5.69 Å². The van der Waals surface area contributed by atoms with E-state index in [-0.39, 0.29) is 11.6 Å². The van der Waals surface area contributed by atoms with Crippen LogP contribution in [-0.4, -0.2) is 20.7 Å². The van der Waals surface area contributed by atoms with E-state index >= 15 is 0 Å². The van der Waals surface area contributed by atoms with Crippen LogP contribution in [0.3, 0.4) is 0 Å². The molecule has 0 bridgehead atoms. The molecule has 0 spiro atoms. The largest absolute Gasteiger partial charge is 0.298 e. The Labute approximate surface area is 160 Å². The van der Waals surface area contributed by atoms with Gasteiger partial charge in [0, 0.05) is 4.47 Å². The molecule has 4 aromatic rings. The summed E-state index contributed by atoms with van der Waals surface area (Å²) < 4.78 is 17.1. The molecule has 0 saturated heterocycles. The molecule has 1 N–H and O–H groups in total. The number of hydrogen-bond acceptors (Lipinski definition) is 4. The van der Waals surface area contributed by atoms with Crippen molar-refractivity contribution in [1.82, 2.24) is 14.8 Å². The third-order valence-corrected chi connectivity index (χ3v) is 5.51. The molecule has 0 unspecified atom stereocenters. The maximum absolute atomic E-state index is 14.2. The maximum atomic E-state index is 14.2. The first kappa shape index (κ1) is 16.9. The molecular formula is C18H12BrFN4OS. The highest BCUT2D eigenvalue weighted by molar-refractivity contribution is 9.10.